The van der Waals surface area contributed by atoms with Gasteiger partial charge in [-0.2, -0.15) is 0 Å². The Bertz CT molecular complexity index is 580. The van der Waals surface area contributed by atoms with Crippen LogP contribution in [0.5, 0.6) is 0 Å². The zero-order chi connectivity index (χ0) is 12.7. The molecular formula is C13H15ClN2OS. The topological polar surface area (TPSA) is 35.0 Å². The van der Waals surface area contributed by atoms with Crippen molar-refractivity contribution in [3.05, 3.63) is 21.9 Å². The van der Waals surface area contributed by atoms with Crippen LogP contribution in [0.15, 0.2) is 6.07 Å². The Balaban J connectivity index is 2.07. The Morgan fingerprint density at radius 1 is 1.50 bits per heavy atom. The molecule has 0 aliphatic heterocycles. The van der Waals surface area contributed by atoms with E-state index in [9.17, 15) is 0 Å². The number of rotatable bonds is 4. The summed E-state index contributed by atoms with van der Waals surface area (Å²) < 4.78 is 5.52. The number of ether oxygens (including phenoxy) is 1. The van der Waals surface area contributed by atoms with E-state index >= 15 is 0 Å². The SMILES string of the molecule is CCc1cc2c(Cl)nc(C(OC)C3CC3)nc2s1. The zero-order valence-electron chi connectivity index (χ0n) is 10.4. The number of methoxy groups -OCH3 is 1. The molecule has 96 valence electrons. The van der Waals surface area contributed by atoms with E-state index in [4.69, 9.17) is 16.3 Å². The largest absolute Gasteiger partial charge is 0.373 e. The molecular weight excluding hydrogens is 268 g/mol. The van der Waals surface area contributed by atoms with Crippen LogP contribution in [0.2, 0.25) is 5.15 Å². The van der Waals surface area contributed by atoms with Gasteiger partial charge >= 0.3 is 0 Å². The van der Waals surface area contributed by atoms with Crippen LogP contribution < -0.4 is 0 Å². The molecule has 1 saturated carbocycles. The second-order valence-electron chi connectivity index (χ2n) is 4.65. The minimum atomic E-state index is -0.000855. The molecule has 0 N–H and O–H groups in total. The smallest absolute Gasteiger partial charge is 0.160 e. The van der Waals surface area contributed by atoms with Crippen molar-refractivity contribution >= 4 is 33.2 Å². The normalized spacial score (nSPS) is 17.3. The molecule has 5 heteroatoms. The van der Waals surface area contributed by atoms with E-state index in [1.807, 2.05) is 0 Å². The Kier molecular flexibility index (Phi) is 3.26. The first-order valence-electron chi connectivity index (χ1n) is 6.21. The first-order chi connectivity index (χ1) is 8.72. The first kappa shape index (κ1) is 12.3. The predicted octanol–water partition coefficient (Wildman–Crippen LogP) is 4.00. The van der Waals surface area contributed by atoms with Crippen LogP contribution in [0, 0.1) is 5.92 Å². The average molecular weight is 283 g/mol. The van der Waals surface area contributed by atoms with Crippen LogP contribution in [0.25, 0.3) is 10.2 Å². The fourth-order valence-corrected chi connectivity index (χ4v) is 3.42. The highest BCUT2D eigenvalue weighted by Gasteiger charge is 2.34. The van der Waals surface area contributed by atoms with Crippen molar-refractivity contribution in [2.75, 3.05) is 7.11 Å². The van der Waals surface area contributed by atoms with Crippen LogP contribution in [-0.4, -0.2) is 17.1 Å². The van der Waals surface area contributed by atoms with E-state index in [-0.39, 0.29) is 6.10 Å². The lowest BCUT2D eigenvalue weighted by atomic mass is 10.2. The molecule has 1 aliphatic rings. The van der Waals surface area contributed by atoms with Crippen molar-refractivity contribution < 1.29 is 4.74 Å². The molecule has 0 aromatic carbocycles. The summed E-state index contributed by atoms with van der Waals surface area (Å²) in [6, 6.07) is 2.09. The van der Waals surface area contributed by atoms with Gasteiger partial charge in [-0.05, 0) is 31.2 Å². The van der Waals surface area contributed by atoms with E-state index in [1.54, 1.807) is 18.4 Å². The standard InChI is InChI=1S/C13H15ClN2OS/c1-3-8-6-9-11(14)15-12(16-13(9)18-8)10(17-2)7-4-5-7/h6-7,10H,3-5H2,1-2H3. The van der Waals surface area contributed by atoms with Gasteiger partial charge in [-0.3, -0.25) is 0 Å². The van der Waals surface area contributed by atoms with E-state index in [0.29, 0.717) is 11.1 Å². The first-order valence-corrected chi connectivity index (χ1v) is 7.41. The molecule has 0 saturated heterocycles. The fourth-order valence-electron chi connectivity index (χ4n) is 2.16. The number of aromatic nitrogens is 2. The van der Waals surface area contributed by atoms with Crippen molar-refractivity contribution in [3.63, 3.8) is 0 Å². The van der Waals surface area contributed by atoms with Crippen molar-refractivity contribution in [2.45, 2.75) is 32.3 Å². The zero-order valence-corrected chi connectivity index (χ0v) is 12.0. The Hall–Kier alpha value is -0.710. The summed E-state index contributed by atoms with van der Waals surface area (Å²) in [5, 5.41) is 1.52. The summed E-state index contributed by atoms with van der Waals surface area (Å²) in [5.74, 6) is 1.30. The second kappa shape index (κ2) is 4.76. The number of hydrogen-bond acceptors (Lipinski definition) is 4. The summed E-state index contributed by atoms with van der Waals surface area (Å²) in [6.07, 6.45) is 3.40. The van der Waals surface area contributed by atoms with Crippen LogP contribution in [0.1, 0.15) is 36.6 Å². The van der Waals surface area contributed by atoms with Crippen molar-refractivity contribution in [2.24, 2.45) is 5.92 Å². The minimum Gasteiger partial charge on any atom is -0.373 e. The van der Waals surface area contributed by atoms with E-state index in [0.717, 1.165) is 22.5 Å². The summed E-state index contributed by atoms with van der Waals surface area (Å²) in [5.41, 5.74) is 0. The molecule has 1 unspecified atom stereocenters. The number of hydrogen-bond donors (Lipinski definition) is 0. The Labute approximate surface area is 115 Å². The van der Waals surface area contributed by atoms with Crippen molar-refractivity contribution in [1.82, 2.24) is 9.97 Å². The molecule has 1 atom stereocenters. The Morgan fingerprint density at radius 3 is 2.89 bits per heavy atom. The molecule has 2 aromatic heterocycles. The number of fused-ring (bicyclic) bond motifs is 1. The second-order valence-corrected chi connectivity index (χ2v) is 6.12. The maximum atomic E-state index is 6.26. The van der Waals surface area contributed by atoms with E-state index < -0.39 is 0 Å². The molecule has 1 aliphatic carbocycles. The highest BCUT2D eigenvalue weighted by atomic mass is 35.5. The van der Waals surface area contributed by atoms with E-state index in [2.05, 4.69) is 23.0 Å². The summed E-state index contributed by atoms with van der Waals surface area (Å²) in [7, 11) is 1.72. The van der Waals surface area contributed by atoms with Gasteiger partial charge < -0.3 is 4.74 Å². The maximum Gasteiger partial charge on any atom is 0.160 e. The minimum absolute atomic E-state index is 0.000855. The van der Waals surface area contributed by atoms with Gasteiger partial charge in [0.1, 0.15) is 16.1 Å². The van der Waals surface area contributed by atoms with Gasteiger partial charge in [0, 0.05) is 17.4 Å². The molecule has 0 bridgehead atoms. The number of halogens is 1. The molecule has 0 spiro atoms. The molecule has 2 aromatic rings. The van der Waals surface area contributed by atoms with Crippen LogP contribution in [0.3, 0.4) is 0 Å². The van der Waals surface area contributed by atoms with Gasteiger partial charge in [-0.25, -0.2) is 9.97 Å². The van der Waals surface area contributed by atoms with Gasteiger partial charge in [0.05, 0.1) is 0 Å². The van der Waals surface area contributed by atoms with Gasteiger partial charge in [0.2, 0.25) is 0 Å². The average Bonchev–Trinajstić information content (AvgIpc) is 3.09. The summed E-state index contributed by atoms with van der Waals surface area (Å²) in [6.45, 7) is 2.13. The molecule has 3 rings (SSSR count). The van der Waals surface area contributed by atoms with Crippen molar-refractivity contribution in [3.8, 4) is 0 Å². The molecule has 0 amide bonds. The highest BCUT2D eigenvalue weighted by Crippen LogP contribution is 2.42. The quantitative estimate of drug-likeness (QED) is 0.795. The van der Waals surface area contributed by atoms with Crippen molar-refractivity contribution in [1.29, 1.82) is 0 Å². The van der Waals surface area contributed by atoms with E-state index in [1.165, 1.54) is 17.7 Å². The van der Waals surface area contributed by atoms with Gasteiger partial charge in [-0.1, -0.05) is 18.5 Å². The monoisotopic (exact) mass is 282 g/mol. The summed E-state index contributed by atoms with van der Waals surface area (Å²) >= 11 is 7.95. The third kappa shape index (κ3) is 2.13. The van der Waals surface area contributed by atoms with Crippen LogP contribution >= 0.6 is 22.9 Å². The maximum absolute atomic E-state index is 6.26. The number of thiophene rings is 1. The number of aryl methyl sites for hydroxylation is 1. The fraction of sp³-hybridized carbons (Fsp3) is 0.538. The molecule has 2 heterocycles. The molecule has 1 fully saturated rings. The predicted molar refractivity (Wildman–Crippen MR) is 74.3 cm³/mol. The number of nitrogens with zero attached hydrogens (tertiary/aromatic N) is 2. The summed E-state index contributed by atoms with van der Waals surface area (Å²) in [4.78, 5) is 11.3. The third-order valence-corrected chi connectivity index (χ3v) is 4.78. The Morgan fingerprint density at radius 2 is 2.28 bits per heavy atom. The molecule has 18 heavy (non-hydrogen) atoms. The third-order valence-electron chi connectivity index (χ3n) is 3.32. The lowest BCUT2D eigenvalue weighted by Gasteiger charge is -2.12. The van der Waals surface area contributed by atoms with Crippen LogP contribution in [-0.2, 0) is 11.2 Å². The lowest BCUT2D eigenvalue weighted by Crippen LogP contribution is -2.08. The molecule has 0 radical (unpaired) electrons. The van der Waals surface area contributed by atoms with Gasteiger partial charge in [0.15, 0.2) is 5.82 Å². The van der Waals surface area contributed by atoms with Crippen LogP contribution in [0.4, 0.5) is 0 Å². The van der Waals surface area contributed by atoms with Gasteiger partial charge in [0.25, 0.3) is 0 Å². The highest BCUT2D eigenvalue weighted by molar-refractivity contribution is 7.18. The lowest BCUT2D eigenvalue weighted by molar-refractivity contribution is 0.0775. The van der Waals surface area contributed by atoms with Gasteiger partial charge in [-0.15, -0.1) is 11.3 Å². The molecule has 3 nitrogen and oxygen atoms in total.